The smallest absolute Gasteiger partial charge is 0.332 e. The molecular weight excluding hydrogens is 271 g/mol. The second kappa shape index (κ2) is 4.57. The Kier molecular flexibility index (Phi) is 3.02. The number of halogens is 1. The molecule has 1 saturated heterocycles. The zero-order valence-electron chi connectivity index (χ0n) is 10.1. The number of hydrogen-bond acceptors (Lipinski definition) is 4. The predicted octanol–water partition coefficient (Wildman–Crippen LogP) is 2.39. The molecule has 102 valence electrons. The summed E-state index contributed by atoms with van der Waals surface area (Å²) >= 11 is 0. The molecule has 0 saturated carbocycles. The molecule has 1 unspecified atom stereocenters. The van der Waals surface area contributed by atoms with Crippen LogP contribution >= 0.6 is 0 Å². The van der Waals surface area contributed by atoms with Crippen LogP contribution in [-0.2, 0) is 15.0 Å². The van der Waals surface area contributed by atoms with E-state index in [0.29, 0.717) is 17.5 Å². The fourth-order valence-corrected chi connectivity index (χ4v) is 3.06. The van der Waals surface area contributed by atoms with Gasteiger partial charge in [0.15, 0.2) is 6.23 Å². The second-order valence-corrected chi connectivity index (χ2v) is 5.85. The van der Waals surface area contributed by atoms with Crippen molar-refractivity contribution in [3.05, 3.63) is 24.4 Å². The van der Waals surface area contributed by atoms with Crippen molar-refractivity contribution in [1.82, 2.24) is 9.78 Å². The maximum Gasteiger partial charge on any atom is 0.332 e. The standard InChI is InChI=1S/C12H13FN2O3S/c13-19(16,17)11-5-3-4-10-9(11)8-14-15(10)12-6-1-2-7-18-12/h3-5,8,12H,1-2,6-7H2. The first-order valence-corrected chi connectivity index (χ1v) is 7.48. The number of rotatable bonds is 2. The van der Waals surface area contributed by atoms with E-state index >= 15 is 0 Å². The summed E-state index contributed by atoms with van der Waals surface area (Å²) in [6.07, 6.45) is 4.04. The van der Waals surface area contributed by atoms with Gasteiger partial charge in [0, 0.05) is 12.0 Å². The fourth-order valence-electron chi connectivity index (χ4n) is 2.40. The van der Waals surface area contributed by atoms with Gasteiger partial charge in [0.25, 0.3) is 0 Å². The minimum absolute atomic E-state index is 0.205. The van der Waals surface area contributed by atoms with E-state index in [0.717, 1.165) is 19.3 Å². The van der Waals surface area contributed by atoms with E-state index in [-0.39, 0.29) is 11.1 Å². The topological polar surface area (TPSA) is 61.2 Å². The minimum Gasteiger partial charge on any atom is -0.356 e. The third-order valence-corrected chi connectivity index (χ3v) is 4.17. The highest BCUT2D eigenvalue weighted by molar-refractivity contribution is 7.86. The monoisotopic (exact) mass is 284 g/mol. The van der Waals surface area contributed by atoms with Crippen LogP contribution in [0.2, 0.25) is 0 Å². The summed E-state index contributed by atoms with van der Waals surface area (Å²) in [6, 6.07) is 4.47. The van der Waals surface area contributed by atoms with Gasteiger partial charge < -0.3 is 4.74 Å². The molecule has 0 N–H and O–H groups in total. The predicted molar refractivity (Wildman–Crippen MR) is 66.9 cm³/mol. The Hall–Kier alpha value is -1.47. The first-order valence-electron chi connectivity index (χ1n) is 6.10. The highest BCUT2D eigenvalue weighted by atomic mass is 32.3. The first kappa shape index (κ1) is 12.6. The Balaban J connectivity index is 2.14. The van der Waals surface area contributed by atoms with Crippen LogP contribution in [0.15, 0.2) is 29.3 Å². The molecule has 1 fully saturated rings. The van der Waals surface area contributed by atoms with Crippen LogP contribution in [0.5, 0.6) is 0 Å². The number of ether oxygens (including phenoxy) is 1. The third-order valence-electron chi connectivity index (χ3n) is 3.29. The molecule has 0 aliphatic carbocycles. The maximum atomic E-state index is 13.2. The van der Waals surface area contributed by atoms with Crippen molar-refractivity contribution >= 4 is 21.1 Å². The molecule has 7 heteroatoms. The van der Waals surface area contributed by atoms with E-state index in [2.05, 4.69) is 5.10 Å². The Morgan fingerprint density at radius 2 is 2.21 bits per heavy atom. The molecule has 1 aromatic carbocycles. The van der Waals surface area contributed by atoms with Crippen molar-refractivity contribution in [2.45, 2.75) is 30.4 Å². The van der Waals surface area contributed by atoms with Crippen LogP contribution in [0, 0.1) is 0 Å². The average Bonchev–Trinajstić information content (AvgIpc) is 2.82. The molecule has 2 aromatic rings. The van der Waals surface area contributed by atoms with Crippen LogP contribution < -0.4 is 0 Å². The lowest BCUT2D eigenvalue weighted by atomic mass is 10.2. The maximum absolute atomic E-state index is 13.2. The van der Waals surface area contributed by atoms with E-state index < -0.39 is 10.2 Å². The molecule has 0 amide bonds. The van der Waals surface area contributed by atoms with E-state index in [1.54, 1.807) is 10.7 Å². The molecule has 0 spiro atoms. The molecule has 1 atom stereocenters. The van der Waals surface area contributed by atoms with Crippen LogP contribution in [-0.4, -0.2) is 24.8 Å². The largest absolute Gasteiger partial charge is 0.356 e. The summed E-state index contributed by atoms with van der Waals surface area (Å²) < 4.78 is 42.6. The Morgan fingerprint density at radius 3 is 2.89 bits per heavy atom. The molecule has 5 nitrogen and oxygen atoms in total. The van der Waals surface area contributed by atoms with Gasteiger partial charge in [-0.2, -0.15) is 13.5 Å². The number of nitrogens with zero attached hydrogens (tertiary/aromatic N) is 2. The van der Waals surface area contributed by atoms with Gasteiger partial charge in [-0.3, -0.25) is 0 Å². The lowest BCUT2D eigenvalue weighted by molar-refractivity contribution is -0.0366. The molecule has 0 bridgehead atoms. The lowest BCUT2D eigenvalue weighted by Crippen LogP contribution is -2.18. The third kappa shape index (κ3) is 2.23. The SMILES string of the molecule is O=S(=O)(F)c1cccc2c1cnn2C1CCCCO1. The summed E-state index contributed by atoms with van der Waals surface area (Å²) in [5.41, 5.74) is 0.575. The lowest BCUT2D eigenvalue weighted by Gasteiger charge is -2.23. The molecule has 19 heavy (non-hydrogen) atoms. The summed E-state index contributed by atoms with van der Waals surface area (Å²) in [5, 5.41) is 4.44. The van der Waals surface area contributed by atoms with Crippen molar-refractivity contribution in [3.63, 3.8) is 0 Å². The average molecular weight is 284 g/mol. The van der Waals surface area contributed by atoms with Crippen LogP contribution in [0.25, 0.3) is 10.9 Å². The minimum atomic E-state index is -4.74. The summed E-state index contributed by atoms with van der Waals surface area (Å²) in [6.45, 7) is 0.660. The van der Waals surface area contributed by atoms with Crippen molar-refractivity contribution in [2.75, 3.05) is 6.61 Å². The van der Waals surface area contributed by atoms with Gasteiger partial charge in [-0.1, -0.05) is 6.07 Å². The van der Waals surface area contributed by atoms with E-state index in [1.807, 2.05) is 0 Å². The van der Waals surface area contributed by atoms with Gasteiger partial charge in [0.1, 0.15) is 4.90 Å². The highest BCUT2D eigenvalue weighted by Crippen LogP contribution is 2.29. The van der Waals surface area contributed by atoms with Gasteiger partial charge in [-0.05, 0) is 31.4 Å². The molecule has 1 aliphatic heterocycles. The molecule has 3 rings (SSSR count). The Bertz CT molecular complexity index is 705. The van der Waals surface area contributed by atoms with Crippen LogP contribution in [0.1, 0.15) is 25.5 Å². The van der Waals surface area contributed by atoms with E-state index in [1.165, 1.54) is 18.3 Å². The highest BCUT2D eigenvalue weighted by Gasteiger charge is 2.22. The summed E-state index contributed by atoms with van der Waals surface area (Å²) in [5.74, 6) is 0. The zero-order valence-corrected chi connectivity index (χ0v) is 10.9. The molecule has 1 aromatic heterocycles. The number of fused-ring (bicyclic) bond motifs is 1. The fraction of sp³-hybridized carbons (Fsp3) is 0.417. The Labute approximate surface area is 110 Å². The number of hydrogen-bond donors (Lipinski definition) is 0. The van der Waals surface area contributed by atoms with Crippen molar-refractivity contribution in [3.8, 4) is 0 Å². The van der Waals surface area contributed by atoms with Crippen molar-refractivity contribution < 1.29 is 17.0 Å². The van der Waals surface area contributed by atoms with Gasteiger partial charge in [0.05, 0.1) is 11.7 Å². The van der Waals surface area contributed by atoms with Gasteiger partial charge in [-0.15, -0.1) is 3.89 Å². The van der Waals surface area contributed by atoms with Crippen LogP contribution in [0.3, 0.4) is 0 Å². The number of aromatic nitrogens is 2. The van der Waals surface area contributed by atoms with Crippen molar-refractivity contribution in [2.24, 2.45) is 0 Å². The second-order valence-electron chi connectivity index (χ2n) is 4.54. The van der Waals surface area contributed by atoms with Gasteiger partial charge >= 0.3 is 10.2 Å². The van der Waals surface area contributed by atoms with Crippen molar-refractivity contribution in [1.29, 1.82) is 0 Å². The van der Waals surface area contributed by atoms with Gasteiger partial charge in [0.2, 0.25) is 0 Å². The first-order chi connectivity index (χ1) is 9.07. The summed E-state index contributed by atoms with van der Waals surface area (Å²) in [7, 11) is -4.74. The van der Waals surface area contributed by atoms with E-state index in [9.17, 15) is 12.3 Å². The Morgan fingerprint density at radius 1 is 1.37 bits per heavy atom. The normalized spacial score (nSPS) is 20.8. The number of benzene rings is 1. The van der Waals surface area contributed by atoms with Crippen LogP contribution in [0.4, 0.5) is 3.89 Å². The molecule has 2 heterocycles. The zero-order chi connectivity index (χ0) is 13.5. The summed E-state index contributed by atoms with van der Waals surface area (Å²) in [4.78, 5) is -0.341. The molecule has 1 aliphatic rings. The van der Waals surface area contributed by atoms with Gasteiger partial charge in [-0.25, -0.2) is 4.68 Å². The quantitative estimate of drug-likeness (QED) is 0.794. The molecule has 0 radical (unpaired) electrons. The molecular formula is C12H13FN2O3S. The van der Waals surface area contributed by atoms with E-state index in [4.69, 9.17) is 4.74 Å².